The summed E-state index contributed by atoms with van der Waals surface area (Å²) in [6.45, 7) is 9.21. The molecule has 0 saturated heterocycles. The fourth-order valence-corrected chi connectivity index (χ4v) is 2.29. The molecule has 0 aromatic rings. The van der Waals surface area contributed by atoms with Crippen molar-refractivity contribution in [2.24, 2.45) is 5.92 Å². The van der Waals surface area contributed by atoms with E-state index >= 15 is 0 Å². The third-order valence-corrected chi connectivity index (χ3v) is 3.33. The molecule has 1 nitrogen and oxygen atoms in total. The highest BCUT2D eigenvalue weighted by Gasteiger charge is 2.16. The van der Waals surface area contributed by atoms with Crippen molar-refractivity contribution in [3.63, 3.8) is 0 Å². The molecule has 0 heterocycles. The molecule has 0 saturated carbocycles. The molecule has 0 aromatic heterocycles. The summed E-state index contributed by atoms with van der Waals surface area (Å²) in [7, 11) is 0. The van der Waals surface area contributed by atoms with Gasteiger partial charge in [0.1, 0.15) is 0 Å². The average Bonchev–Trinajstić information content (AvgIpc) is 1.85. The van der Waals surface area contributed by atoms with Gasteiger partial charge in [0.25, 0.3) is 0 Å². The molecule has 0 rings (SSSR count). The minimum atomic E-state index is 0.254. The van der Waals surface area contributed by atoms with E-state index in [1.165, 1.54) is 12.2 Å². The number of thioether (sulfide) groups is 1. The summed E-state index contributed by atoms with van der Waals surface area (Å²) < 4.78 is 0.254. The van der Waals surface area contributed by atoms with Gasteiger partial charge in [-0.05, 0) is 24.5 Å². The number of hydrogen-bond donors (Lipinski definition) is 1. The van der Waals surface area contributed by atoms with Crippen molar-refractivity contribution < 1.29 is 5.11 Å². The predicted octanol–water partition coefficient (Wildman–Crippen LogP) is 2.93. The van der Waals surface area contributed by atoms with Crippen molar-refractivity contribution >= 4 is 11.8 Å². The standard InChI is InChI=1S/C10H22OS/c1-9(2)5-8-12-10(3,4)6-7-11/h9,11H,5-8H2,1-4H3. The molecule has 2 heteroatoms. The van der Waals surface area contributed by atoms with Crippen molar-refractivity contribution in [1.82, 2.24) is 0 Å². The predicted molar refractivity (Wildman–Crippen MR) is 57.7 cm³/mol. The lowest BCUT2D eigenvalue weighted by Crippen LogP contribution is -2.17. The largest absolute Gasteiger partial charge is 0.396 e. The maximum Gasteiger partial charge on any atom is 0.0444 e. The van der Waals surface area contributed by atoms with Crippen LogP contribution >= 0.6 is 11.8 Å². The monoisotopic (exact) mass is 190 g/mol. The second-order valence-corrected chi connectivity index (χ2v) is 6.07. The Morgan fingerprint density at radius 2 is 1.92 bits per heavy atom. The maximum atomic E-state index is 8.80. The average molecular weight is 190 g/mol. The molecule has 0 fully saturated rings. The molecule has 0 aliphatic carbocycles. The maximum absolute atomic E-state index is 8.80. The van der Waals surface area contributed by atoms with Gasteiger partial charge in [-0.1, -0.05) is 27.7 Å². The quantitative estimate of drug-likeness (QED) is 0.695. The normalized spacial score (nSPS) is 12.5. The van der Waals surface area contributed by atoms with E-state index in [1.54, 1.807) is 0 Å². The third-order valence-electron chi connectivity index (χ3n) is 1.90. The lowest BCUT2D eigenvalue weighted by molar-refractivity contribution is 0.275. The minimum absolute atomic E-state index is 0.254. The van der Waals surface area contributed by atoms with Crippen molar-refractivity contribution in [3.05, 3.63) is 0 Å². The lowest BCUT2D eigenvalue weighted by Gasteiger charge is -2.23. The summed E-state index contributed by atoms with van der Waals surface area (Å²) in [5, 5.41) is 8.80. The summed E-state index contributed by atoms with van der Waals surface area (Å²) in [6, 6.07) is 0. The Kier molecular flexibility index (Phi) is 6.02. The van der Waals surface area contributed by atoms with Crippen LogP contribution in [-0.2, 0) is 0 Å². The fraction of sp³-hybridized carbons (Fsp3) is 1.00. The van der Waals surface area contributed by atoms with E-state index in [1.807, 2.05) is 11.8 Å². The van der Waals surface area contributed by atoms with E-state index in [-0.39, 0.29) is 4.75 Å². The molecule has 0 bridgehead atoms. The smallest absolute Gasteiger partial charge is 0.0444 e. The first-order valence-electron chi connectivity index (χ1n) is 4.73. The Balaban J connectivity index is 3.46. The molecule has 0 aliphatic rings. The van der Waals surface area contributed by atoms with E-state index in [0.29, 0.717) is 6.61 Å². The van der Waals surface area contributed by atoms with Gasteiger partial charge in [-0.15, -0.1) is 0 Å². The number of aliphatic hydroxyl groups is 1. The Morgan fingerprint density at radius 1 is 1.33 bits per heavy atom. The van der Waals surface area contributed by atoms with Gasteiger partial charge >= 0.3 is 0 Å². The van der Waals surface area contributed by atoms with Crippen molar-refractivity contribution in [2.75, 3.05) is 12.4 Å². The van der Waals surface area contributed by atoms with Crippen LogP contribution in [0.3, 0.4) is 0 Å². The van der Waals surface area contributed by atoms with Gasteiger partial charge in [-0.2, -0.15) is 11.8 Å². The van der Waals surface area contributed by atoms with Crippen LogP contribution in [0.25, 0.3) is 0 Å². The molecule has 0 unspecified atom stereocenters. The lowest BCUT2D eigenvalue weighted by atomic mass is 10.1. The molecule has 0 spiro atoms. The van der Waals surface area contributed by atoms with Crippen LogP contribution in [0.1, 0.15) is 40.5 Å². The van der Waals surface area contributed by atoms with Gasteiger partial charge in [0, 0.05) is 11.4 Å². The molecule has 12 heavy (non-hydrogen) atoms. The van der Waals surface area contributed by atoms with Crippen molar-refractivity contribution in [2.45, 2.75) is 45.3 Å². The van der Waals surface area contributed by atoms with Crippen molar-refractivity contribution in [1.29, 1.82) is 0 Å². The Hall–Kier alpha value is 0.310. The van der Waals surface area contributed by atoms with Crippen molar-refractivity contribution in [3.8, 4) is 0 Å². The topological polar surface area (TPSA) is 20.2 Å². The highest BCUT2D eigenvalue weighted by Crippen LogP contribution is 2.28. The zero-order valence-corrected chi connectivity index (χ0v) is 9.58. The third kappa shape index (κ3) is 6.99. The molecule has 0 amide bonds. The van der Waals surface area contributed by atoms with Crippen LogP contribution in [0.4, 0.5) is 0 Å². The highest BCUT2D eigenvalue weighted by atomic mass is 32.2. The number of rotatable bonds is 6. The molecular weight excluding hydrogens is 168 g/mol. The molecule has 0 aliphatic heterocycles. The first kappa shape index (κ1) is 12.3. The van der Waals surface area contributed by atoms with Gasteiger partial charge in [0.15, 0.2) is 0 Å². The molecule has 0 aromatic carbocycles. The number of hydrogen-bond acceptors (Lipinski definition) is 2. The molecule has 1 N–H and O–H groups in total. The summed E-state index contributed by atoms with van der Waals surface area (Å²) >= 11 is 1.97. The molecular formula is C10H22OS. The van der Waals surface area contributed by atoms with E-state index < -0.39 is 0 Å². The van der Waals surface area contributed by atoms with E-state index in [9.17, 15) is 0 Å². The van der Waals surface area contributed by atoms with Gasteiger partial charge in [0.05, 0.1) is 0 Å². The SMILES string of the molecule is CC(C)CCSC(C)(C)CCO. The van der Waals surface area contributed by atoms with Gasteiger partial charge in [0.2, 0.25) is 0 Å². The zero-order valence-electron chi connectivity index (χ0n) is 8.76. The highest BCUT2D eigenvalue weighted by molar-refractivity contribution is 8.00. The Labute approximate surface area is 80.9 Å². The number of aliphatic hydroxyl groups excluding tert-OH is 1. The molecule has 0 radical (unpaired) electrons. The first-order valence-corrected chi connectivity index (χ1v) is 5.71. The van der Waals surface area contributed by atoms with Gasteiger partial charge < -0.3 is 5.11 Å². The zero-order chi connectivity index (χ0) is 9.61. The van der Waals surface area contributed by atoms with Crippen LogP contribution in [0.5, 0.6) is 0 Å². The van der Waals surface area contributed by atoms with E-state index in [2.05, 4.69) is 27.7 Å². The van der Waals surface area contributed by atoms with Crippen LogP contribution in [0.15, 0.2) is 0 Å². The molecule has 0 atom stereocenters. The minimum Gasteiger partial charge on any atom is -0.396 e. The Bertz CT molecular complexity index is 110. The summed E-state index contributed by atoms with van der Waals surface area (Å²) in [6.07, 6.45) is 2.18. The molecule has 74 valence electrons. The van der Waals surface area contributed by atoms with E-state index in [4.69, 9.17) is 5.11 Å². The summed E-state index contributed by atoms with van der Waals surface area (Å²) in [5.41, 5.74) is 0. The Morgan fingerprint density at radius 3 is 2.33 bits per heavy atom. The van der Waals surface area contributed by atoms with Crippen LogP contribution in [-0.4, -0.2) is 22.2 Å². The second kappa shape index (κ2) is 5.87. The fourth-order valence-electron chi connectivity index (χ4n) is 0.912. The summed E-state index contributed by atoms with van der Waals surface area (Å²) in [4.78, 5) is 0. The first-order chi connectivity index (χ1) is 5.48. The second-order valence-electron chi connectivity index (χ2n) is 4.26. The summed E-state index contributed by atoms with van der Waals surface area (Å²) in [5.74, 6) is 2.01. The van der Waals surface area contributed by atoms with Gasteiger partial charge in [-0.25, -0.2) is 0 Å². The van der Waals surface area contributed by atoms with Crippen LogP contribution in [0, 0.1) is 5.92 Å². The van der Waals surface area contributed by atoms with Crippen LogP contribution in [0.2, 0.25) is 0 Å². The van der Waals surface area contributed by atoms with Gasteiger partial charge in [-0.3, -0.25) is 0 Å². The van der Waals surface area contributed by atoms with Crippen LogP contribution < -0.4 is 0 Å². The van der Waals surface area contributed by atoms with E-state index in [0.717, 1.165) is 12.3 Å².